The third-order valence-corrected chi connectivity index (χ3v) is 4.55. The topological polar surface area (TPSA) is 137 Å². The first-order valence-corrected chi connectivity index (χ1v) is 8.57. The van der Waals surface area contributed by atoms with Crippen molar-refractivity contribution in [2.45, 2.75) is 13.8 Å². The van der Waals surface area contributed by atoms with Gasteiger partial charge < -0.3 is 10.6 Å². The molecule has 2 heterocycles. The van der Waals surface area contributed by atoms with Crippen molar-refractivity contribution >= 4 is 28.9 Å². The number of amides is 2. The molecule has 0 saturated heterocycles. The minimum Gasteiger partial charge on any atom is -0.319 e. The lowest BCUT2D eigenvalue weighted by Gasteiger charge is -2.09. The van der Waals surface area contributed by atoms with Gasteiger partial charge in [0, 0.05) is 31.3 Å². The fourth-order valence-corrected chi connectivity index (χ4v) is 2.74. The van der Waals surface area contributed by atoms with Gasteiger partial charge in [-0.2, -0.15) is 10.2 Å². The van der Waals surface area contributed by atoms with E-state index >= 15 is 0 Å². The van der Waals surface area contributed by atoms with Crippen molar-refractivity contribution in [1.82, 2.24) is 19.6 Å². The number of aromatic nitrogens is 4. The van der Waals surface area contributed by atoms with Crippen molar-refractivity contribution in [1.29, 1.82) is 0 Å². The van der Waals surface area contributed by atoms with Crippen LogP contribution in [-0.4, -0.2) is 36.3 Å². The summed E-state index contributed by atoms with van der Waals surface area (Å²) in [5.41, 5.74) is 1.99. The van der Waals surface area contributed by atoms with Crippen LogP contribution in [0.15, 0.2) is 30.6 Å². The van der Waals surface area contributed by atoms with Crippen LogP contribution in [0.5, 0.6) is 0 Å². The smallest absolute Gasteiger partial charge is 0.276 e. The Kier molecular flexibility index (Phi) is 5.13. The standard InChI is InChI=1S/C18H19N7O4/c1-10-5-6-12(7-15(10)25(28)29)17(26)22-14-9-20-24(4)16(14)18(27)21-13-8-19-23(3)11(13)2/h5-9H,1-4H3,(H,21,27)(H,22,26). The van der Waals surface area contributed by atoms with E-state index in [1.54, 1.807) is 32.6 Å². The number of benzene rings is 1. The molecule has 0 unspecified atom stereocenters. The van der Waals surface area contributed by atoms with E-state index in [0.717, 1.165) is 5.69 Å². The van der Waals surface area contributed by atoms with E-state index in [1.807, 2.05) is 0 Å². The van der Waals surface area contributed by atoms with Crippen molar-refractivity contribution in [3.05, 3.63) is 63.2 Å². The van der Waals surface area contributed by atoms with Crippen molar-refractivity contribution in [2.75, 3.05) is 10.6 Å². The third-order valence-electron chi connectivity index (χ3n) is 4.55. The van der Waals surface area contributed by atoms with E-state index in [0.29, 0.717) is 11.3 Å². The fourth-order valence-electron chi connectivity index (χ4n) is 2.74. The second kappa shape index (κ2) is 7.54. The van der Waals surface area contributed by atoms with Gasteiger partial charge in [0.15, 0.2) is 0 Å². The fraction of sp³-hybridized carbons (Fsp3) is 0.222. The summed E-state index contributed by atoms with van der Waals surface area (Å²) in [4.78, 5) is 35.9. The molecule has 11 heteroatoms. The van der Waals surface area contributed by atoms with E-state index in [1.165, 1.54) is 35.3 Å². The second-order valence-corrected chi connectivity index (χ2v) is 6.46. The summed E-state index contributed by atoms with van der Waals surface area (Å²) in [6.45, 7) is 3.39. The first kappa shape index (κ1) is 19.7. The molecule has 3 rings (SSSR count). The van der Waals surface area contributed by atoms with Gasteiger partial charge in [0.2, 0.25) is 0 Å². The van der Waals surface area contributed by atoms with Crippen molar-refractivity contribution in [3.63, 3.8) is 0 Å². The highest BCUT2D eigenvalue weighted by Crippen LogP contribution is 2.22. The average Bonchev–Trinajstić information content (AvgIpc) is 3.18. The molecule has 1 aromatic carbocycles. The molecule has 0 spiro atoms. The van der Waals surface area contributed by atoms with Gasteiger partial charge in [-0.3, -0.25) is 29.1 Å². The summed E-state index contributed by atoms with van der Waals surface area (Å²) >= 11 is 0. The molecule has 0 aliphatic rings. The molecule has 0 fully saturated rings. The molecular formula is C18H19N7O4. The normalized spacial score (nSPS) is 10.6. The maximum Gasteiger partial charge on any atom is 0.276 e. The molecule has 0 atom stereocenters. The molecule has 2 amide bonds. The van der Waals surface area contributed by atoms with Crippen LogP contribution in [0, 0.1) is 24.0 Å². The summed E-state index contributed by atoms with van der Waals surface area (Å²) in [7, 11) is 3.32. The number of nitrogens with zero attached hydrogens (tertiary/aromatic N) is 5. The SMILES string of the molecule is Cc1ccc(C(=O)Nc2cnn(C)c2C(=O)Nc2cnn(C)c2C)cc1[N+](=O)[O-]. The molecule has 0 aliphatic carbocycles. The number of hydrogen-bond acceptors (Lipinski definition) is 6. The van der Waals surface area contributed by atoms with E-state index in [-0.39, 0.29) is 22.6 Å². The molecule has 2 N–H and O–H groups in total. The van der Waals surface area contributed by atoms with Crippen LogP contribution in [0.3, 0.4) is 0 Å². The molecule has 0 bridgehead atoms. The number of nitrogens with one attached hydrogen (secondary N) is 2. The number of aryl methyl sites for hydroxylation is 3. The van der Waals surface area contributed by atoms with E-state index in [4.69, 9.17) is 0 Å². The van der Waals surface area contributed by atoms with Crippen LogP contribution < -0.4 is 10.6 Å². The molecule has 0 radical (unpaired) electrons. The lowest BCUT2D eigenvalue weighted by atomic mass is 10.1. The lowest BCUT2D eigenvalue weighted by Crippen LogP contribution is -2.20. The van der Waals surface area contributed by atoms with Crippen LogP contribution in [0.1, 0.15) is 32.1 Å². The molecule has 0 saturated carbocycles. The van der Waals surface area contributed by atoms with Crippen LogP contribution >= 0.6 is 0 Å². The summed E-state index contributed by atoms with van der Waals surface area (Å²) in [5.74, 6) is -1.07. The van der Waals surface area contributed by atoms with Crippen molar-refractivity contribution in [3.8, 4) is 0 Å². The van der Waals surface area contributed by atoms with Crippen molar-refractivity contribution in [2.24, 2.45) is 14.1 Å². The molecule has 3 aromatic rings. The number of nitro benzene ring substituents is 1. The van der Waals surface area contributed by atoms with Crippen LogP contribution in [0.4, 0.5) is 17.1 Å². The zero-order valence-corrected chi connectivity index (χ0v) is 16.3. The number of carbonyl (C=O) groups excluding carboxylic acids is 2. The maximum absolute atomic E-state index is 12.7. The summed E-state index contributed by atoms with van der Waals surface area (Å²) in [6, 6.07) is 4.17. The highest BCUT2D eigenvalue weighted by Gasteiger charge is 2.22. The Morgan fingerprint density at radius 3 is 2.24 bits per heavy atom. The second-order valence-electron chi connectivity index (χ2n) is 6.46. The predicted octanol–water partition coefficient (Wildman–Crippen LogP) is 2.18. The molecule has 0 aliphatic heterocycles. The molecule has 2 aromatic heterocycles. The first-order chi connectivity index (χ1) is 13.7. The Labute approximate surface area is 165 Å². The summed E-state index contributed by atoms with van der Waals surface area (Å²) < 4.78 is 2.94. The summed E-state index contributed by atoms with van der Waals surface area (Å²) in [5, 5.41) is 24.5. The number of rotatable bonds is 5. The Bertz CT molecular complexity index is 1130. The Hall–Kier alpha value is -4.02. The van der Waals surface area contributed by atoms with E-state index in [2.05, 4.69) is 20.8 Å². The number of nitro groups is 1. The zero-order chi connectivity index (χ0) is 21.3. The summed E-state index contributed by atoms with van der Waals surface area (Å²) in [6.07, 6.45) is 2.86. The van der Waals surface area contributed by atoms with Gasteiger partial charge in [0.1, 0.15) is 5.69 Å². The predicted molar refractivity (Wildman–Crippen MR) is 105 cm³/mol. The lowest BCUT2D eigenvalue weighted by molar-refractivity contribution is -0.385. The molecule has 150 valence electrons. The largest absolute Gasteiger partial charge is 0.319 e. The monoisotopic (exact) mass is 397 g/mol. The van der Waals surface area contributed by atoms with Gasteiger partial charge in [-0.05, 0) is 19.9 Å². The van der Waals surface area contributed by atoms with Gasteiger partial charge in [0.25, 0.3) is 17.5 Å². The Morgan fingerprint density at radius 2 is 1.62 bits per heavy atom. The zero-order valence-electron chi connectivity index (χ0n) is 16.3. The quantitative estimate of drug-likeness (QED) is 0.500. The highest BCUT2D eigenvalue weighted by atomic mass is 16.6. The number of anilines is 2. The number of hydrogen-bond donors (Lipinski definition) is 2. The van der Waals surface area contributed by atoms with Crippen LogP contribution in [-0.2, 0) is 14.1 Å². The molecule has 11 nitrogen and oxygen atoms in total. The minimum absolute atomic E-state index is 0.0978. The van der Waals surface area contributed by atoms with Crippen LogP contribution in [0.25, 0.3) is 0 Å². The average molecular weight is 397 g/mol. The molecular weight excluding hydrogens is 378 g/mol. The maximum atomic E-state index is 12.7. The van der Waals surface area contributed by atoms with Gasteiger partial charge in [-0.25, -0.2) is 0 Å². The van der Waals surface area contributed by atoms with Crippen molar-refractivity contribution < 1.29 is 14.5 Å². The van der Waals surface area contributed by atoms with E-state index < -0.39 is 16.7 Å². The first-order valence-electron chi connectivity index (χ1n) is 8.57. The van der Waals surface area contributed by atoms with E-state index in [9.17, 15) is 19.7 Å². The van der Waals surface area contributed by atoms with Gasteiger partial charge >= 0.3 is 0 Å². The van der Waals surface area contributed by atoms with Gasteiger partial charge in [-0.1, -0.05) is 6.07 Å². The minimum atomic E-state index is -0.590. The number of carbonyl (C=O) groups is 2. The van der Waals surface area contributed by atoms with Gasteiger partial charge in [0.05, 0.1) is 34.4 Å². The highest BCUT2D eigenvalue weighted by molar-refractivity contribution is 6.11. The Balaban J connectivity index is 1.85. The third kappa shape index (κ3) is 3.83. The van der Waals surface area contributed by atoms with Crippen LogP contribution in [0.2, 0.25) is 0 Å². The molecule has 29 heavy (non-hydrogen) atoms. The Morgan fingerprint density at radius 1 is 1.00 bits per heavy atom. The van der Waals surface area contributed by atoms with Gasteiger partial charge in [-0.15, -0.1) is 0 Å².